The Labute approximate surface area is 100 Å². The molecular weight excluding hydrogens is 258 g/mol. The van der Waals surface area contributed by atoms with Crippen molar-refractivity contribution in [3.05, 3.63) is 0 Å². The van der Waals surface area contributed by atoms with Crippen molar-refractivity contribution in [2.45, 2.75) is 39.2 Å². The van der Waals surface area contributed by atoms with Crippen LogP contribution in [0.4, 0.5) is 4.79 Å². The number of alkyl halides is 1. The van der Waals surface area contributed by atoms with Crippen LogP contribution in [0.25, 0.3) is 0 Å². The van der Waals surface area contributed by atoms with Crippen LogP contribution >= 0.6 is 15.9 Å². The minimum absolute atomic E-state index is 0.167. The Kier molecular flexibility index (Phi) is 4.44. The quantitative estimate of drug-likeness (QED) is 0.727. The van der Waals surface area contributed by atoms with Gasteiger partial charge in [-0.2, -0.15) is 0 Å². The summed E-state index contributed by atoms with van der Waals surface area (Å²) in [6.07, 6.45) is 2.07. The molecule has 1 amide bonds. The van der Waals surface area contributed by atoms with Crippen molar-refractivity contribution in [2.24, 2.45) is 5.92 Å². The second-order valence-electron chi connectivity index (χ2n) is 5.06. The molecule has 0 radical (unpaired) electrons. The van der Waals surface area contributed by atoms with E-state index < -0.39 is 0 Å². The van der Waals surface area contributed by atoms with Crippen molar-refractivity contribution in [1.29, 1.82) is 0 Å². The van der Waals surface area contributed by atoms with Crippen LogP contribution < -0.4 is 0 Å². The Bertz CT molecular complexity index is 225. The predicted molar refractivity (Wildman–Crippen MR) is 64.3 cm³/mol. The smallest absolute Gasteiger partial charge is 0.410 e. The van der Waals surface area contributed by atoms with Crippen LogP contribution in [0.15, 0.2) is 0 Å². The van der Waals surface area contributed by atoms with Crippen LogP contribution in [0.5, 0.6) is 0 Å². The lowest BCUT2D eigenvalue weighted by molar-refractivity contribution is 0.0288. The van der Waals surface area contributed by atoms with Crippen LogP contribution in [0.1, 0.15) is 33.6 Å². The number of nitrogens with zero attached hydrogens (tertiary/aromatic N) is 1. The van der Waals surface area contributed by atoms with Crippen molar-refractivity contribution in [3.8, 4) is 0 Å². The molecule has 0 spiro atoms. The predicted octanol–water partition coefficient (Wildman–Crippen LogP) is 3.03. The molecule has 3 nitrogen and oxygen atoms in total. The summed E-state index contributed by atoms with van der Waals surface area (Å²) >= 11 is 3.43. The zero-order valence-electron chi connectivity index (χ0n) is 9.75. The minimum atomic E-state index is -0.384. The second kappa shape index (κ2) is 5.19. The molecule has 88 valence electrons. The Morgan fingerprint density at radius 3 is 2.73 bits per heavy atom. The molecule has 0 aromatic rings. The van der Waals surface area contributed by atoms with Gasteiger partial charge in [-0.3, -0.25) is 0 Å². The van der Waals surface area contributed by atoms with Crippen molar-refractivity contribution >= 4 is 22.0 Å². The topological polar surface area (TPSA) is 29.5 Å². The molecule has 1 saturated heterocycles. The third kappa shape index (κ3) is 4.41. The van der Waals surface area contributed by atoms with E-state index in [1.54, 1.807) is 0 Å². The number of likely N-dealkylation sites (tertiary alicyclic amines) is 1. The summed E-state index contributed by atoms with van der Waals surface area (Å²) in [7, 11) is 0. The maximum atomic E-state index is 11.7. The fraction of sp³-hybridized carbons (Fsp3) is 0.909. The fourth-order valence-electron chi connectivity index (χ4n) is 1.71. The summed E-state index contributed by atoms with van der Waals surface area (Å²) in [5.41, 5.74) is -0.384. The highest BCUT2D eigenvalue weighted by molar-refractivity contribution is 9.09. The summed E-state index contributed by atoms with van der Waals surface area (Å²) in [6.45, 7) is 7.39. The number of carbonyl (C=O) groups excluding carboxylic acids is 1. The van der Waals surface area contributed by atoms with E-state index >= 15 is 0 Å². The lowest BCUT2D eigenvalue weighted by Gasteiger charge is -2.24. The summed E-state index contributed by atoms with van der Waals surface area (Å²) in [5, 5.41) is 1.01. The van der Waals surface area contributed by atoms with E-state index in [1.165, 1.54) is 0 Å². The first-order valence-corrected chi connectivity index (χ1v) is 6.58. The van der Waals surface area contributed by atoms with E-state index in [4.69, 9.17) is 4.74 Å². The maximum absolute atomic E-state index is 11.7. The molecule has 1 unspecified atom stereocenters. The van der Waals surface area contributed by atoms with E-state index in [0.29, 0.717) is 5.92 Å². The number of rotatable bonds is 2. The Morgan fingerprint density at radius 1 is 1.53 bits per heavy atom. The highest BCUT2D eigenvalue weighted by Gasteiger charge is 2.29. The van der Waals surface area contributed by atoms with Gasteiger partial charge in [0.1, 0.15) is 5.60 Å². The largest absolute Gasteiger partial charge is 0.444 e. The van der Waals surface area contributed by atoms with Gasteiger partial charge < -0.3 is 9.64 Å². The molecule has 0 aromatic heterocycles. The first-order chi connectivity index (χ1) is 6.92. The number of halogens is 1. The molecular formula is C11H20BrNO2. The van der Waals surface area contributed by atoms with E-state index in [1.807, 2.05) is 25.7 Å². The zero-order valence-corrected chi connectivity index (χ0v) is 11.3. The lowest BCUT2D eigenvalue weighted by Crippen LogP contribution is -2.35. The number of carbonyl (C=O) groups is 1. The summed E-state index contributed by atoms with van der Waals surface area (Å²) in [6, 6.07) is 0. The molecule has 0 saturated carbocycles. The normalized spacial score (nSPS) is 21.9. The van der Waals surface area contributed by atoms with Crippen LogP contribution in [0.3, 0.4) is 0 Å². The molecule has 4 heteroatoms. The lowest BCUT2D eigenvalue weighted by atomic mass is 10.1. The summed E-state index contributed by atoms with van der Waals surface area (Å²) < 4.78 is 5.32. The van der Waals surface area contributed by atoms with Crippen LogP contribution in [-0.4, -0.2) is 35.0 Å². The van der Waals surface area contributed by atoms with E-state index in [2.05, 4.69) is 15.9 Å². The Morgan fingerprint density at radius 2 is 2.20 bits per heavy atom. The van der Waals surface area contributed by atoms with Gasteiger partial charge >= 0.3 is 6.09 Å². The standard InChI is InChI=1S/C11H20BrNO2/c1-11(2,3)15-10(14)13-7-5-9(8-13)4-6-12/h9H,4-8H2,1-3H3. The van der Waals surface area contributed by atoms with Gasteiger partial charge in [-0.05, 0) is 39.5 Å². The molecule has 1 aliphatic rings. The summed E-state index contributed by atoms with van der Waals surface area (Å²) in [4.78, 5) is 13.5. The highest BCUT2D eigenvalue weighted by Crippen LogP contribution is 2.22. The van der Waals surface area contributed by atoms with Crippen LogP contribution in [-0.2, 0) is 4.74 Å². The molecule has 0 aromatic carbocycles. The van der Waals surface area contributed by atoms with Gasteiger partial charge in [-0.15, -0.1) is 0 Å². The molecule has 1 atom stereocenters. The summed E-state index contributed by atoms with van der Waals surface area (Å²) in [5.74, 6) is 0.636. The molecule has 15 heavy (non-hydrogen) atoms. The fourth-order valence-corrected chi connectivity index (χ4v) is 2.36. The van der Waals surface area contributed by atoms with Gasteiger partial charge in [0, 0.05) is 18.4 Å². The number of hydrogen-bond acceptors (Lipinski definition) is 2. The number of ether oxygens (including phenoxy) is 1. The molecule has 1 aliphatic heterocycles. The van der Waals surface area contributed by atoms with Gasteiger partial charge in [0.25, 0.3) is 0 Å². The van der Waals surface area contributed by atoms with Crippen molar-refractivity contribution in [2.75, 3.05) is 18.4 Å². The number of hydrogen-bond donors (Lipinski definition) is 0. The average Bonchev–Trinajstić information content (AvgIpc) is 2.50. The highest BCUT2D eigenvalue weighted by atomic mass is 79.9. The van der Waals surface area contributed by atoms with Gasteiger partial charge in [-0.25, -0.2) is 4.79 Å². The zero-order chi connectivity index (χ0) is 11.5. The second-order valence-corrected chi connectivity index (χ2v) is 5.85. The Hall–Kier alpha value is -0.250. The average molecular weight is 278 g/mol. The van der Waals surface area contributed by atoms with Crippen molar-refractivity contribution < 1.29 is 9.53 Å². The molecule has 0 bridgehead atoms. The van der Waals surface area contributed by atoms with Gasteiger partial charge in [0.05, 0.1) is 0 Å². The minimum Gasteiger partial charge on any atom is -0.444 e. The maximum Gasteiger partial charge on any atom is 0.410 e. The third-order valence-electron chi connectivity index (χ3n) is 2.45. The molecule has 1 heterocycles. The van der Waals surface area contributed by atoms with E-state index in [0.717, 1.165) is 31.3 Å². The molecule has 1 fully saturated rings. The van der Waals surface area contributed by atoms with E-state index in [-0.39, 0.29) is 11.7 Å². The number of amides is 1. The van der Waals surface area contributed by atoms with Gasteiger partial charge in [0.15, 0.2) is 0 Å². The van der Waals surface area contributed by atoms with Crippen molar-refractivity contribution in [1.82, 2.24) is 4.90 Å². The first kappa shape index (κ1) is 12.8. The third-order valence-corrected chi connectivity index (χ3v) is 2.91. The molecule has 1 rings (SSSR count). The van der Waals surface area contributed by atoms with Crippen molar-refractivity contribution in [3.63, 3.8) is 0 Å². The van der Waals surface area contributed by atoms with Crippen LogP contribution in [0.2, 0.25) is 0 Å². The van der Waals surface area contributed by atoms with Crippen LogP contribution in [0, 0.1) is 5.92 Å². The Balaban J connectivity index is 2.37. The van der Waals surface area contributed by atoms with Gasteiger partial charge in [0.2, 0.25) is 0 Å². The molecule has 0 N–H and O–H groups in total. The molecule has 0 aliphatic carbocycles. The first-order valence-electron chi connectivity index (χ1n) is 5.46. The van der Waals surface area contributed by atoms with E-state index in [9.17, 15) is 4.79 Å². The monoisotopic (exact) mass is 277 g/mol. The SMILES string of the molecule is CC(C)(C)OC(=O)N1CCC(CCBr)C1. The van der Waals surface area contributed by atoms with Gasteiger partial charge in [-0.1, -0.05) is 15.9 Å².